The maximum absolute atomic E-state index is 12.1. The second kappa shape index (κ2) is 5.81. The van der Waals surface area contributed by atoms with E-state index in [-0.39, 0.29) is 24.2 Å². The van der Waals surface area contributed by atoms with E-state index in [9.17, 15) is 9.59 Å². The van der Waals surface area contributed by atoms with Crippen LogP contribution >= 0.6 is 0 Å². The highest BCUT2D eigenvalue weighted by Crippen LogP contribution is 2.35. The van der Waals surface area contributed by atoms with E-state index in [2.05, 4.69) is 5.32 Å². The molecule has 0 saturated carbocycles. The number of nitrogens with zero attached hydrogens (tertiary/aromatic N) is 1. The average Bonchev–Trinajstić information content (AvgIpc) is 2.87. The Morgan fingerprint density at radius 1 is 1.35 bits per heavy atom. The first kappa shape index (κ1) is 14.2. The zero-order valence-corrected chi connectivity index (χ0v) is 11.8. The summed E-state index contributed by atoms with van der Waals surface area (Å²) in [4.78, 5) is 25.4. The lowest BCUT2D eigenvalue weighted by atomic mass is 10.1. The molecule has 1 atom stereocenters. The Hall–Kier alpha value is -2.24. The second-order valence-electron chi connectivity index (χ2n) is 4.56. The summed E-state index contributed by atoms with van der Waals surface area (Å²) in [7, 11) is 4.68. The van der Waals surface area contributed by atoms with Crippen molar-refractivity contribution in [3.05, 3.63) is 18.2 Å². The molecule has 0 radical (unpaired) electrons. The largest absolute Gasteiger partial charge is 0.497 e. The predicted molar refractivity (Wildman–Crippen MR) is 74.1 cm³/mol. The lowest BCUT2D eigenvalue weighted by Gasteiger charge is -2.20. The van der Waals surface area contributed by atoms with Crippen LogP contribution < -0.4 is 19.7 Å². The van der Waals surface area contributed by atoms with Crippen LogP contribution in [0.5, 0.6) is 11.5 Å². The molecule has 0 bridgehead atoms. The normalized spacial score (nSPS) is 18.1. The third kappa shape index (κ3) is 2.54. The van der Waals surface area contributed by atoms with Gasteiger partial charge in [0.25, 0.3) is 0 Å². The zero-order valence-electron chi connectivity index (χ0n) is 11.8. The molecule has 6 nitrogen and oxygen atoms in total. The fourth-order valence-electron chi connectivity index (χ4n) is 2.33. The van der Waals surface area contributed by atoms with Crippen molar-refractivity contribution in [1.82, 2.24) is 5.32 Å². The summed E-state index contributed by atoms with van der Waals surface area (Å²) >= 11 is 0. The number of nitrogens with one attached hydrogen (secondary N) is 1. The molecule has 6 heteroatoms. The molecule has 1 aliphatic heterocycles. The molecule has 1 fully saturated rings. The summed E-state index contributed by atoms with van der Waals surface area (Å²) in [5, 5.41) is 2.58. The Morgan fingerprint density at radius 2 is 2.10 bits per heavy atom. The minimum Gasteiger partial charge on any atom is -0.497 e. The van der Waals surface area contributed by atoms with Crippen LogP contribution in [0.2, 0.25) is 0 Å². The number of carbonyl (C=O) groups excluding carboxylic acids is 2. The lowest BCUT2D eigenvalue weighted by molar-refractivity contribution is -0.125. The molecule has 2 amide bonds. The van der Waals surface area contributed by atoms with E-state index in [1.807, 2.05) is 0 Å². The Kier molecular flexibility index (Phi) is 4.12. The molecule has 1 aliphatic rings. The van der Waals surface area contributed by atoms with Crippen molar-refractivity contribution < 1.29 is 19.1 Å². The van der Waals surface area contributed by atoms with Crippen molar-refractivity contribution in [3.8, 4) is 11.5 Å². The Morgan fingerprint density at radius 3 is 2.70 bits per heavy atom. The minimum absolute atomic E-state index is 0.0925. The number of carbonyl (C=O) groups is 2. The van der Waals surface area contributed by atoms with Crippen LogP contribution in [-0.4, -0.2) is 39.6 Å². The third-order valence-electron chi connectivity index (χ3n) is 3.42. The van der Waals surface area contributed by atoms with E-state index >= 15 is 0 Å². The maximum atomic E-state index is 12.1. The van der Waals surface area contributed by atoms with Crippen molar-refractivity contribution in [2.75, 3.05) is 32.7 Å². The van der Waals surface area contributed by atoms with Gasteiger partial charge in [-0.1, -0.05) is 0 Å². The number of hydrogen-bond acceptors (Lipinski definition) is 4. The number of amides is 2. The molecule has 108 valence electrons. The van der Waals surface area contributed by atoms with Crippen LogP contribution in [0.4, 0.5) is 5.69 Å². The monoisotopic (exact) mass is 278 g/mol. The van der Waals surface area contributed by atoms with Gasteiger partial charge in [0.1, 0.15) is 11.5 Å². The first-order valence-electron chi connectivity index (χ1n) is 6.34. The van der Waals surface area contributed by atoms with Gasteiger partial charge >= 0.3 is 0 Å². The smallest absolute Gasteiger partial charge is 0.227 e. The molecule has 2 rings (SSSR count). The topological polar surface area (TPSA) is 67.9 Å². The highest BCUT2D eigenvalue weighted by Gasteiger charge is 2.36. The fourth-order valence-corrected chi connectivity index (χ4v) is 2.33. The van der Waals surface area contributed by atoms with E-state index in [0.717, 1.165) is 0 Å². The van der Waals surface area contributed by atoms with Gasteiger partial charge in [-0.05, 0) is 12.1 Å². The van der Waals surface area contributed by atoms with E-state index in [4.69, 9.17) is 9.47 Å². The molecule has 1 aromatic carbocycles. The quantitative estimate of drug-likeness (QED) is 0.884. The highest BCUT2D eigenvalue weighted by molar-refractivity contribution is 6.01. The molecular formula is C14H18N2O4. The number of rotatable bonds is 4. The van der Waals surface area contributed by atoms with Crippen LogP contribution in [-0.2, 0) is 9.59 Å². The van der Waals surface area contributed by atoms with Crippen molar-refractivity contribution in [2.24, 2.45) is 5.92 Å². The molecule has 1 saturated heterocycles. The van der Waals surface area contributed by atoms with E-state index in [1.165, 1.54) is 0 Å². The fraction of sp³-hybridized carbons (Fsp3) is 0.429. The molecular weight excluding hydrogens is 260 g/mol. The van der Waals surface area contributed by atoms with E-state index in [1.54, 1.807) is 44.4 Å². The van der Waals surface area contributed by atoms with Gasteiger partial charge in [0.2, 0.25) is 11.8 Å². The SMILES string of the molecule is CNC(=O)C1CC(=O)N(c2cc(OC)ccc2OC)C1. The predicted octanol–water partition coefficient (Wildman–Crippen LogP) is 0.803. The van der Waals surface area contributed by atoms with E-state index < -0.39 is 0 Å². The molecule has 0 aliphatic carbocycles. The van der Waals surface area contributed by atoms with E-state index in [0.29, 0.717) is 23.7 Å². The summed E-state index contributed by atoms with van der Waals surface area (Å²) in [6, 6.07) is 5.25. The average molecular weight is 278 g/mol. The minimum atomic E-state index is -0.330. The first-order valence-corrected chi connectivity index (χ1v) is 6.34. The maximum Gasteiger partial charge on any atom is 0.227 e. The Labute approximate surface area is 117 Å². The number of benzene rings is 1. The molecule has 1 N–H and O–H groups in total. The van der Waals surface area contributed by atoms with Crippen LogP contribution in [0.1, 0.15) is 6.42 Å². The highest BCUT2D eigenvalue weighted by atomic mass is 16.5. The number of ether oxygens (including phenoxy) is 2. The molecule has 0 spiro atoms. The van der Waals surface area contributed by atoms with Gasteiger partial charge in [0.15, 0.2) is 0 Å². The number of methoxy groups -OCH3 is 2. The standard InChI is InChI=1S/C14H18N2O4/c1-15-14(18)9-6-13(17)16(8-9)11-7-10(19-2)4-5-12(11)20-3/h4-5,7,9H,6,8H2,1-3H3,(H,15,18). The molecule has 1 aromatic rings. The van der Waals surface area contributed by atoms with Crippen LogP contribution in [0.15, 0.2) is 18.2 Å². The van der Waals surface area contributed by atoms with Gasteiger partial charge in [-0.2, -0.15) is 0 Å². The van der Waals surface area contributed by atoms with Gasteiger partial charge in [0, 0.05) is 26.1 Å². The second-order valence-corrected chi connectivity index (χ2v) is 4.56. The molecule has 0 aromatic heterocycles. The zero-order chi connectivity index (χ0) is 14.7. The van der Waals surface area contributed by atoms with Crippen LogP contribution in [0, 0.1) is 5.92 Å². The van der Waals surface area contributed by atoms with Gasteiger partial charge in [-0.15, -0.1) is 0 Å². The summed E-state index contributed by atoms with van der Waals surface area (Å²) in [6.45, 7) is 0.349. The van der Waals surface area contributed by atoms with Crippen LogP contribution in [0.3, 0.4) is 0 Å². The van der Waals surface area contributed by atoms with Crippen molar-refractivity contribution >= 4 is 17.5 Å². The Bertz CT molecular complexity index is 530. The first-order chi connectivity index (χ1) is 9.60. The molecule has 20 heavy (non-hydrogen) atoms. The number of hydrogen-bond donors (Lipinski definition) is 1. The van der Waals surface area contributed by atoms with Gasteiger partial charge in [-0.3, -0.25) is 9.59 Å². The summed E-state index contributed by atoms with van der Waals surface area (Å²) in [6.07, 6.45) is 0.208. The molecule has 1 heterocycles. The number of anilines is 1. The summed E-state index contributed by atoms with van der Waals surface area (Å²) in [5.41, 5.74) is 0.628. The van der Waals surface area contributed by atoms with Gasteiger partial charge < -0.3 is 19.7 Å². The Balaban J connectivity index is 2.31. The van der Waals surface area contributed by atoms with Gasteiger partial charge in [0.05, 0.1) is 25.8 Å². The van der Waals surface area contributed by atoms with Crippen molar-refractivity contribution in [3.63, 3.8) is 0 Å². The van der Waals surface area contributed by atoms with Crippen molar-refractivity contribution in [2.45, 2.75) is 6.42 Å². The third-order valence-corrected chi connectivity index (χ3v) is 3.42. The van der Waals surface area contributed by atoms with Crippen LogP contribution in [0.25, 0.3) is 0 Å². The van der Waals surface area contributed by atoms with Crippen molar-refractivity contribution in [1.29, 1.82) is 0 Å². The molecule has 1 unspecified atom stereocenters. The summed E-state index contributed by atoms with van der Waals surface area (Å²) in [5.74, 6) is 0.671. The lowest BCUT2D eigenvalue weighted by Crippen LogP contribution is -2.30. The van der Waals surface area contributed by atoms with Gasteiger partial charge in [-0.25, -0.2) is 0 Å². The summed E-state index contributed by atoms with van der Waals surface area (Å²) < 4.78 is 10.4.